The van der Waals surface area contributed by atoms with E-state index in [4.69, 9.17) is 0 Å². The Morgan fingerprint density at radius 1 is 1.23 bits per heavy atom. The van der Waals surface area contributed by atoms with E-state index in [1.165, 1.54) is 16.7 Å². The van der Waals surface area contributed by atoms with Gasteiger partial charge >= 0.3 is 0 Å². The lowest BCUT2D eigenvalue weighted by molar-refractivity contribution is 0.585. The largest absolute Gasteiger partial charge is 0.0985 e. The molecule has 0 amide bonds. The molecule has 0 saturated heterocycles. The van der Waals surface area contributed by atoms with E-state index in [2.05, 4.69) is 52.5 Å². The normalized spacial score (nSPS) is 11.4. The zero-order valence-corrected chi connectivity index (χ0v) is 9.02. The Bertz CT molecular complexity index is 313. The van der Waals surface area contributed by atoms with Gasteiger partial charge in [-0.15, -0.1) is 0 Å². The molecule has 0 aliphatic rings. The SMILES string of the molecule is C=Cc1cccc(C)c1C(C)(C)C. The molecule has 0 N–H and O–H groups in total. The van der Waals surface area contributed by atoms with Crippen LogP contribution in [-0.2, 0) is 5.41 Å². The van der Waals surface area contributed by atoms with Crippen molar-refractivity contribution in [1.82, 2.24) is 0 Å². The Balaban J connectivity index is 3.40. The molecule has 0 heteroatoms. The van der Waals surface area contributed by atoms with E-state index in [0.717, 1.165) is 0 Å². The van der Waals surface area contributed by atoms with Gasteiger partial charge in [-0.25, -0.2) is 0 Å². The minimum Gasteiger partial charge on any atom is -0.0985 e. The summed E-state index contributed by atoms with van der Waals surface area (Å²) in [6.07, 6.45) is 1.94. The topological polar surface area (TPSA) is 0 Å². The molecule has 0 unspecified atom stereocenters. The molecule has 0 aliphatic heterocycles. The van der Waals surface area contributed by atoms with Gasteiger partial charge in [0.1, 0.15) is 0 Å². The molecule has 1 aromatic carbocycles. The van der Waals surface area contributed by atoms with Gasteiger partial charge in [-0.05, 0) is 29.0 Å². The highest BCUT2D eigenvalue weighted by Gasteiger charge is 2.18. The summed E-state index contributed by atoms with van der Waals surface area (Å²) >= 11 is 0. The van der Waals surface area contributed by atoms with Crippen LogP contribution in [-0.4, -0.2) is 0 Å². The molecule has 0 saturated carbocycles. The molecule has 0 spiro atoms. The van der Waals surface area contributed by atoms with Crippen LogP contribution in [0.15, 0.2) is 24.8 Å². The molecule has 0 aromatic heterocycles. The van der Waals surface area contributed by atoms with E-state index in [1.807, 2.05) is 6.08 Å². The van der Waals surface area contributed by atoms with Gasteiger partial charge in [-0.1, -0.05) is 51.6 Å². The second kappa shape index (κ2) is 3.37. The maximum atomic E-state index is 3.85. The molecule has 70 valence electrons. The highest BCUT2D eigenvalue weighted by Crippen LogP contribution is 2.29. The van der Waals surface area contributed by atoms with Crippen LogP contribution in [0, 0.1) is 6.92 Å². The van der Waals surface area contributed by atoms with Crippen LogP contribution in [0.5, 0.6) is 0 Å². The molecule has 0 aliphatic carbocycles. The van der Waals surface area contributed by atoms with Crippen molar-refractivity contribution in [3.63, 3.8) is 0 Å². The van der Waals surface area contributed by atoms with Crippen molar-refractivity contribution in [2.75, 3.05) is 0 Å². The summed E-state index contributed by atoms with van der Waals surface area (Å²) in [5.41, 5.74) is 4.22. The molecule has 0 bridgehead atoms. The molecule has 0 radical (unpaired) electrons. The monoisotopic (exact) mass is 174 g/mol. The first-order valence-electron chi connectivity index (χ1n) is 4.69. The minimum absolute atomic E-state index is 0.203. The third kappa shape index (κ3) is 2.00. The standard InChI is InChI=1S/C13H18/c1-6-11-9-7-8-10(2)12(11)13(3,4)5/h6-9H,1H2,2-5H3. The lowest BCUT2D eigenvalue weighted by atomic mass is 9.81. The van der Waals surface area contributed by atoms with E-state index in [-0.39, 0.29) is 5.41 Å². The van der Waals surface area contributed by atoms with Gasteiger partial charge in [-0.3, -0.25) is 0 Å². The molecular weight excluding hydrogens is 156 g/mol. The summed E-state index contributed by atoms with van der Waals surface area (Å²) in [7, 11) is 0. The van der Waals surface area contributed by atoms with Crippen molar-refractivity contribution in [3.8, 4) is 0 Å². The van der Waals surface area contributed by atoms with E-state index < -0.39 is 0 Å². The van der Waals surface area contributed by atoms with E-state index in [1.54, 1.807) is 0 Å². The summed E-state index contributed by atoms with van der Waals surface area (Å²) in [5, 5.41) is 0. The minimum atomic E-state index is 0.203. The van der Waals surface area contributed by atoms with Gasteiger partial charge < -0.3 is 0 Å². The third-order valence-electron chi connectivity index (χ3n) is 2.27. The zero-order valence-electron chi connectivity index (χ0n) is 9.02. The Morgan fingerprint density at radius 2 is 1.85 bits per heavy atom. The van der Waals surface area contributed by atoms with Crippen molar-refractivity contribution in [2.45, 2.75) is 33.1 Å². The molecule has 0 nitrogen and oxygen atoms in total. The van der Waals surface area contributed by atoms with Crippen LogP contribution in [0.1, 0.15) is 37.5 Å². The zero-order chi connectivity index (χ0) is 10.1. The first kappa shape index (κ1) is 10.0. The van der Waals surface area contributed by atoms with Crippen molar-refractivity contribution in [3.05, 3.63) is 41.5 Å². The quantitative estimate of drug-likeness (QED) is 0.605. The fourth-order valence-corrected chi connectivity index (χ4v) is 1.89. The van der Waals surface area contributed by atoms with Gasteiger partial charge in [0.15, 0.2) is 0 Å². The predicted molar refractivity (Wildman–Crippen MR) is 60.0 cm³/mol. The summed E-state index contributed by atoms with van der Waals surface area (Å²) in [6.45, 7) is 12.7. The van der Waals surface area contributed by atoms with E-state index >= 15 is 0 Å². The highest BCUT2D eigenvalue weighted by atomic mass is 14.2. The van der Waals surface area contributed by atoms with E-state index in [9.17, 15) is 0 Å². The van der Waals surface area contributed by atoms with Gasteiger partial charge in [-0.2, -0.15) is 0 Å². The Labute approximate surface area is 81.3 Å². The fourth-order valence-electron chi connectivity index (χ4n) is 1.89. The second-order valence-corrected chi connectivity index (χ2v) is 4.49. The number of hydrogen-bond acceptors (Lipinski definition) is 0. The molecule has 1 aromatic rings. The van der Waals surface area contributed by atoms with Crippen LogP contribution < -0.4 is 0 Å². The number of aryl methyl sites for hydroxylation is 1. The molecule has 13 heavy (non-hydrogen) atoms. The molecule has 0 atom stereocenters. The van der Waals surface area contributed by atoms with Gasteiger partial charge in [0.2, 0.25) is 0 Å². The maximum absolute atomic E-state index is 3.85. The van der Waals surface area contributed by atoms with Crippen LogP contribution in [0.3, 0.4) is 0 Å². The average molecular weight is 174 g/mol. The maximum Gasteiger partial charge on any atom is -0.0123 e. The van der Waals surface area contributed by atoms with Crippen LogP contribution in [0.4, 0.5) is 0 Å². The van der Waals surface area contributed by atoms with Crippen molar-refractivity contribution >= 4 is 6.08 Å². The van der Waals surface area contributed by atoms with Crippen LogP contribution in [0.25, 0.3) is 6.08 Å². The molecule has 0 heterocycles. The smallest absolute Gasteiger partial charge is 0.0123 e. The predicted octanol–water partition coefficient (Wildman–Crippen LogP) is 3.94. The lowest BCUT2D eigenvalue weighted by Crippen LogP contribution is -2.14. The molecular formula is C13H18. The van der Waals surface area contributed by atoms with E-state index in [0.29, 0.717) is 0 Å². The number of hydrogen-bond donors (Lipinski definition) is 0. The summed E-state index contributed by atoms with van der Waals surface area (Å²) in [4.78, 5) is 0. The average Bonchev–Trinajstić information content (AvgIpc) is 2.01. The summed E-state index contributed by atoms with van der Waals surface area (Å²) < 4.78 is 0. The van der Waals surface area contributed by atoms with Gasteiger partial charge in [0, 0.05) is 0 Å². The highest BCUT2D eigenvalue weighted by molar-refractivity contribution is 5.56. The van der Waals surface area contributed by atoms with Crippen molar-refractivity contribution in [2.24, 2.45) is 0 Å². The van der Waals surface area contributed by atoms with Gasteiger partial charge in [0.05, 0.1) is 0 Å². The first-order chi connectivity index (χ1) is 5.96. The molecule has 0 fully saturated rings. The molecule has 1 rings (SSSR count). The fraction of sp³-hybridized carbons (Fsp3) is 0.385. The number of benzene rings is 1. The summed E-state index contributed by atoms with van der Waals surface area (Å²) in [5.74, 6) is 0. The second-order valence-electron chi connectivity index (χ2n) is 4.49. The Hall–Kier alpha value is -1.04. The van der Waals surface area contributed by atoms with Crippen molar-refractivity contribution < 1.29 is 0 Å². The van der Waals surface area contributed by atoms with Crippen LogP contribution in [0.2, 0.25) is 0 Å². The lowest BCUT2D eigenvalue weighted by Gasteiger charge is -2.24. The third-order valence-corrected chi connectivity index (χ3v) is 2.27. The summed E-state index contributed by atoms with van der Waals surface area (Å²) in [6, 6.07) is 6.37. The van der Waals surface area contributed by atoms with Crippen molar-refractivity contribution in [1.29, 1.82) is 0 Å². The number of rotatable bonds is 1. The first-order valence-corrected chi connectivity index (χ1v) is 4.69. The van der Waals surface area contributed by atoms with Gasteiger partial charge in [0.25, 0.3) is 0 Å². The van der Waals surface area contributed by atoms with Crippen LogP contribution >= 0.6 is 0 Å². The Morgan fingerprint density at radius 3 is 2.23 bits per heavy atom. The Kier molecular flexibility index (Phi) is 2.60.